The van der Waals surface area contributed by atoms with E-state index >= 15 is 0 Å². The Kier molecular flexibility index (Phi) is 6.01. The fraction of sp³-hybridized carbons (Fsp3) is 0.368. The molecule has 2 aromatic rings. The van der Waals surface area contributed by atoms with Crippen LogP contribution >= 0.6 is 15.9 Å². The molecule has 0 aliphatic heterocycles. The molecule has 1 unspecified atom stereocenters. The Bertz CT molecular complexity index is 572. The second kappa shape index (κ2) is 7.77. The van der Waals surface area contributed by atoms with Crippen molar-refractivity contribution in [3.8, 4) is 0 Å². The number of hydrogen-bond donors (Lipinski definition) is 1. The van der Waals surface area contributed by atoms with Crippen LogP contribution in [0.5, 0.6) is 0 Å². The number of halogens is 1. The molecule has 0 fully saturated rings. The lowest BCUT2D eigenvalue weighted by atomic mass is 9.90. The van der Waals surface area contributed by atoms with Gasteiger partial charge in [-0.3, -0.25) is 0 Å². The van der Waals surface area contributed by atoms with Gasteiger partial charge in [0.2, 0.25) is 0 Å². The van der Waals surface area contributed by atoms with Gasteiger partial charge in [-0.15, -0.1) is 0 Å². The van der Waals surface area contributed by atoms with Crippen molar-refractivity contribution >= 4 is 15.9 Å². The molecule has 21 heavy (non-hydrogen) atoms. The molecule has 0 aliphatic rings. The molecule has 0 saturated heterocycles. The van der Waals surface area contributed by atoms with Crippen molar-refractivity contribution < 1.29 is 0 Å². The molecule has 2 rings (SSSR count). The van der Waals surface area contributed by atoms with E-state index in [0.29, 0.717) is 5.92 Å². The lowest BCUT2D eigenvalue weighted by Crippen LogP contribution is -2.23. The molecule has 0 bridgehead atoms. The molecular weight excluding hydrogens is 322 g/mol. The first-order chi connectivity index (χ1) is 10.1. The lowest BCUT2D eigenvalue weighted by molar-refractivity contribution is 0.593. The second-order valence-corrected chi connectivity index (χ2v) is 6.58. The highest BCUT2D eigenvalue weighted by Gasteiger charge is 2.15. The Balaban J connectivity index is 2.26. The van der Waals surface area contributed by atoms with E-state index in [1.807, 2.05) is 0 Å². The van der Waals surface area contributed by atoms with Crippen LogP contribution < -0.4 is 5.32 Å². The second-order valence-electron chi connectivity index (χ2n) is 5.73. The molecule has 0 spiro atoms. The number of rotatable bonds is 6. The monoisotopic (exact) mass is 345 g/mol. The third-order valence-corrected chi connectivity index (χ3v) is 4.47. The van der Waals surface area contributed by atoms with E-state index in [1.165, 1.54) is 26.7 Å². The van der Waals surface area contributed by atoms with Crippen molar-refractivity contribution in [2.45, 2.75) is 33.1 Å². The number of benzene rings is 2. The summed E-state index contributed by atoms with van der Waals surface area (Å²) in [6.07, 6.45) is 1.07. The summed E-state index contributed by atoms with van der Waals surface area (Å²) < 4.78 is 1.21. The Morgan fingerprint density at radius 2 is 1.71 bits per heavy atom. The summed E-state index contributed by atoms with van der Waals surface area (Å²) in [7, 11) is 0. The molecule has 2 heteroatoms. The van der Waals surface area contributed by atoms with Crippen LogP contribution in [-0.4, -0.2) is 13.1 Å². The summed E-state index contributed by atoms with van der Waals surface area (Å²) in [6.45, 7) is 8.52. The van der Waals surface area contributed by atoms with Crippen LogP contribution in [0.3, 0.4) is 0 Å². The highest BCUT2D eigenvalue weighted by Crippen LogP contribution is 2.28. The van der Waals surface area contributed by atoms with Gasteiger partial charge in [-0.2, -0.15) is 0 Å². The summed E-state index contributed by atoms with van der Waals surface area (Å²) >= 11 is 3.70. The van der Waals surface area contributed by atoms with Gasteiger partial charge in [-0.1, -0.05) is 70.4 Å². The maximum atomic E-state index is 3.70. The molecule has 0 aromatic heterocycles. The van der Waals surface area contributed by atoms with Crippen molar-refractivity contribution in [3.63, 3.8) is 0 Å². The topological polar surface area (TPSA) is 12.0 Å². The quantitative estimate of drug-likeness (QED) is 0.776. The van der Waals surface area contributed by atoms with Crippen LogP contribution in [0.25, 0.3) is 0 Å². The van der Waals surface area contributed by atoms with Crippen molar-refractivity contribution in [2.75, 3.05) is 13.1 Å². The summed E-state index contributed by atoms with van der Waals surface area (Å²) in [6, 6.07) is 15.4. The molecule has 1 atom stereocenters. The number of nitrogens with one attached hydrogen (secondary N) is 1. The third-order valence-electron chi connectivity index (χ3n) is 3.75. The average molecular weight is 346 g/mol. The van der Waals surface area contributed by atoms with Crippen molar-refractivity contribution in [1.29, 1.82) is 0 Å². The molecule has 0 amide bonds. The minimum absolute atomic E-state index is 0.488. The van der Waals surface area contributed by atoms with E-state index in [9.17, 15) is 0 Å². The number of likely N-dealkylation sites (N-methyl/N-ethyl adjacent to an activating group) is 1. The van der Waals surface area contributed by atoms with Crippen LogP contribution in [0.1, 0.15) is 35.1 Å². The Labute approximate surface area is 136 Å². The van der Waals surface area contributed by atoms with Crippen molar-refractivity contribution in [1.82, 2.24) is 5.32 Å². The Hall–Kier alpha value is -1.12. The number of hydrogen-bond acceptors (Lipinski definition) is 1. The van der Waals surface area contributed by atoms with Crippen LogP contribution in [0, 0.1) is 13.8 Å². The Morgan fingerprint density at radius 3 is 2.33 bits per heavy atom. The summed E-state index contributed by atoms with van der Waals surface area (Å²) in [5.74, 6) is 0.488. The lowest BCUT2D eigenvalue weighted by Gasteiger charge is -2.20. The molecule has 0 aliphatic carbocycles. The fourth-order valence-electron chi connectivity index (χ4n) is 2.89. The van der Waals surface area contributed by atoms with Gasteiger partial charge in [0.15, 0.2) is 0 Å². The zero-order valence-corrected chi connectivity index (χ0v) is 14.7. The zero-order chi connectivity index (χ0) is 15.2. The van der Waals surface area contributed by atoms with Crippen LogP contribution in [0.15, 0.2) is 46.9 Å². The standard InChI is InChI=1S/C19H24BrN/c1-4-21-13-17(18-7-5-6-8-19(18)20)12-16-10-14(2)9-15(3)11-16/h5-11,17,21H,4,12-13H2,1-3H3. The van der Waals surface area contributed by atoms with E-state index in [2.05, 4.69) is 84.5 Å². The molecule has 112 valence electrons. The van der Waals surface area contributed by atoms with Gasteiger partial charge in [0, 0.05) is 16.9 Å². The maximum Gasteiger partial charge on any atom is 0.0210 e. The minimum Gasteiger partial charge on any atom is -0.316 e. The molecular formula is C19H24BrN. The van der Waals surface area contributed by atoms with E-state index < -0.39 is 0 Å². The highest BCUT2D eigenvalue weighted by atomic mass is 79.9. The van der Waals surface area contributed by atoms with Crippen molar-refractivity contribution in [3.05, 3.63) is 69.2 Å². The molecule has 0 heterocycles. The van der Waals surface area contributed by atoms with Crippen molar-refractivity contribution in [2.24, 2.45) is 0 Å². The van der Waals surface area contributed by atoms with Gasteiger partial charge in [0.1, 0.15) is 0 Å². The van der Waals surface area contributed by atoms with Gasteiger partial charge in [-0.05, 0) is 44.0 Å². The van der Waals surface area contributed by atoms with Crippen LogP contribution in [-0.2, 0) is 6.42 Å². The van der Waals surface area contributed by atoms with Gasteiger partial charge < -0.3 is 5.32 Å². The normalized spacial score (nSPS) is 12.4. The van der Waals surface area contributed by atoms with Gasteiger partial charge in [0.25, 0.3) is 0 Å². The van der Waals surface area contributed by atoms with E-state index in [-0.39, 0.29) is 0 Å². The van der Waals surface area contributed by atoms with E-state index in [4.69, 9.17) is 0 Å². The highest BCUT2D eigenvalue weighted by molar-refractivity contribution is 9.10. The first-order valence-electron chi connectivity index (χ1n) is 7.62. The predicted molar refractivity (Wildman–Crippen MR) is 95.0 cm³/mol. The summed E-state index contributed by atoms with van der Waals surface area (Å²) in [5, 5.41) is 3.50. The van der Waals surface area contributed by atoms with Crippen LogP contribution in [0.4, 0.5) is 0 Å². The smallest absolute Gasteiger partial charge is 0.0210 e. The molecule has 2 aromatic carbocycles. The Morgan fingerprint density at radius 1 is 1.05 bits per heavy atom. The van der Waals surface area contributed by atoms with Gasteiger partial charge in [0.05, 0.1) is 0 Å². The van der Waals surface area contributed by atoms with Gasteiger partial charge >= 0.3 is 0 Å². The fourth-order valence-corrected chi connectivity index (χ4v) is 3.50. The van der Waals surface area contributed by atoms with E-state index in [0.717, 1.165) is 19.5 Å². The van der Waals surface area contributed by atoms with E-state index in [1.54, 1.807) is 0 Å². The summed E-state index contributed by atoms with van der Waals surface area (Å²) in [5.41, 5.74) is 5.50. The number of aryl methyl sites for hydroxylation is 2. The van der Waals surface area contributed by atoms with Gasteiger partial charge in [-0.25, -0.2) is 0 Å². The van der Waals surface area contributed by atoms with Crippen LogP contribution in [0.2, 0.25) is 0 Å². The first-order valence-corrected chi connectivity index (χ1v) is 8.41. The predicted octanol–water partition coefficient (Wildman–Crippen LogP) is 5.00. The largest absolute Gasteiger partial charge is 0.316 e. The molecule has 1 nitrogen and oxygen atoms in total. The SMILES string of the molecule is CCNCC(Cc1cc(C)cc(C)c1)c1ccccc1Br. The molecule has 0 radical (unpaired) electrons. The minimum atomic E-state index is 0.488. The maximum absolute atomic E-state index is 3.70. The average Bonchev–Trinajstić information content (AvgIpc) is 2.43. The zero-order valence-electron chi connectivity index (χ0n) is 13.1. The third kappa shape index (κ3) is 4.69. The summed E-state index contributed by atoms with van der Waals surface area (Å²) in [4.78, 5) is 0. The molecule has 0 saturated carbocycles. The first kappa shape index (κ1) is 16.3. The molecule has 1 N–H and O–H groups in total.